The minimum atomic E-state index is 0.131. The molecule has 2 rings (SSSR count). The summed E-state index contributed by atoms with van der Waals surface area (Å²) in [5, 5.41) is 9.48. The van der Waals surface area contributed by atoms with Gasteiger partial charge in [0.05, 0.1) is 5.25 Å². The van der Waals surface area contributed by atoms with E-state index in [1.807, 2.05) is 7.05 Å². The van der Waals surface area contributed by atoms with E-state index in [2.05, 4.69) is 33.8 Å². The molecule has 0 aliphatic heterocycles. The zero-order chi connectivity index (χ0) is 12.3. The van der Waals surface area contributed by atoms with E-state index in [0.29, 0.717) is 0 Å². The third kappa shape index (κ3) is 2.88. The lowest BCUT2D eigenvalue weighted by Gasteiger charge is -2.20. The van der Waals surface area contributed by atoms with Crippen LogP contribution in [0.25, 0.3) is 0 Å². The summed E-state index contributed by atoms with van der Waals surface area (Å²) in [7, 11) is 1.90. The lowest BCUT2D eigenvalue weighted by molar-refractivity contribution is 0.626. The van der Waals surface area contributed by atoms with Gasteiger partial charge >= 0.3 is 0 Å². The number of nitrogens with two attached hydrogens (primary N) is 1. The Bertz CT molecular complexity index is 452. The molecular weight excluding hydrogens is 252 g/mol. The average Bonchev–Trinajstić information content (AvgIpc) is 2.97. The summed E-state index contributed by atoms with van der Waals surface area (Å²) < 4.78 is 1.78. The number of rotatable bonds is 5. The third-order valence-electron chi connectivity index (χ3n) is 2.63. The van der Waals surface area contributed by atoms with Gasteiger partial charge in [-0.2, -0.15) is 16.4 Å². The predicted molar refractivity (Wildman–Crippen MR) is 72.2 cm³/mol. The molecule has 0 saturated heterocycles. The first-order chi connectivity index (χ1) is 8.22. The standard InChI is InChI=1S/C11H16N4S2/c1-3-9(12)10(8-4-5-16-6-8)17-11-13-7-14-15(11)2/h4-7,9-10H,3,12H2,1-2H3. The largest absolute Gasteiger partial charge is 0.326 e. The predicted octanol–water partition coefficient (Wildman–Crippen LogP) is 2.45. The normalized spacial score (nSPS) is 14.8. The van der Waals surface area contributed by atoms with Gasteiger partial charge in [-0.3, -0.25) is 0 Å². The molecule has 2 aromatic heterocycles. The second-order valence-electron chi connectivity index (χ2n) is 3.83. The first kappa shape index (κ1) is 12.6. The molecule has 6 heteroatoms. The van der Waals surface area contributed by atoms with Gasteiger partial charge in [-0.1, -0.05) is 18.7 Å². The van der Waals surface area contributed by atoms with Gasteiger partial charge in [0.1, 0.15) is 6.33 Å². The number of hydrogen-bond acceptors (Lipinski definition) is 5. The van der Waals surface area contributed by atoms with Crippen molar-refractivity contribution in [2.24, 2.45) is 12.8 Å². The lowest BCUT2D eigenvalue weighted by Crippen LogP contribution is -2.25. The molecule has 0 aliphatic rings. The highest BCUT2D eigenvalue weighted by atomic mass is 32.2. The number of aryl methyl sites for hydroxylation is 1. The highest BCUT2D eigenvalue weighted by Gasteiger charge is 2.22. The minimum Gasteiger partial charge on any atom is -0.326 e. The van der Waals surface area contributed by atoms with Crippen LogP contribution in [0.15, 0.2) is 28.3 Å². The van der Waals surface area contributed by atoms with Crippen molar-refractivity contribution in [1.82, 2.24) is 14.8 Å². The smallest absolute Gasteiger partial charge is 0.186 e. The van der Waals surface area contributed by atoms with Gasteiger partial charge in [-0.15, -0.1) is 0 Å². The molecule has 92 valence electrons. The van der Waals surface area contributed by atoms with Crippen molar-refractivity contribution in [3.63, 3.8) is 0 Å². The zero-order valence-electron chi connectivity index (χ0n) is 9.91. The minimum absolute atomic E-state index is 0.131. The Morgan fingerprint density at radius 3 is 2.94 bits per heavy atom. The Labute approximate surface area is 109 Å². The topological polar surface area (TPSA) is 56.7 Å². The van der Waals surface area contributed by atoms with Gasteiger partial charge in [0.25, 0.3) is 0 Å². The Hall–Kier alpha value is -0.850. The number of hydrogen-bond donors (Lipinski definition) is 1. The molecule has 2 aromatic rings. The van der Waals surface area contributed by atoms with E-state index >= 15 is 0 Å². The Kier molecular flexibility index (Phi) is 4.20. The van der Waals surface area contributed by atoms with Crippen molar-refractivity contribution in [2.75, 3.05) is 0 Å². The van der Waals surface area contributed by atoms with Crippen LogP contribution in [0.2, 0.25) is 0 Å². The number of thiophene rings is 1. The molecule has 0 spiro atoms. The first-order valence-corrected chi connectivity index (χ1v) is 7.33. The van der Waals surface area contributed by atoms with Crippen LogP contribution in [0, 0.1) is 0 Å². The molecule has 2 unspecified atom stereocenters. The van der Waals surface area contributed by atoms with Crippen molar-refractivity contribution >= 4 is 23.1 Å². The SMILES string of the molecule is CCC(N)C(Sc1ncnn1C)c1ccsc1. The van der Waals surface area contributed by atoms with E-state index in [0.717, 1.165) is 11.6 Å². The van der Waals surface area contributed by atoms with Crippen molar-refractivity contribution in [3.8, 4) is 0 Å². The van der Waals surface area contributed by atoms with Crippen molar-refractivity contribution in [1.29, 1.82) is 0 Å². The molecule has 2 atom stereocenters. The molecule has 0 saturated carbocycles. The van der Waals surface area contributed by atoms with Gasteiger partial charge in [-0.05, 0) is 28.8 Å². The number of nitrogens with zero attached hydrogens (tertiary/aromatic N) is 3. The summed E-state index contributed by atoms with van der Waals surface area (Å²) in [4.78, 5) is 4.24. The summed E-state index contributed by atoms with van der Waals surface area (Å²) in [6.45, 7) is 2.11. The number of aromatic nitrogens is 3. The monoisotopic (exact) mass is 268 g/mol. The maximum Gasteiger partial charge on any atom is 0.186 e. The van der Waals surface area contributed by atoms with Crippen LogP contribution < -0.4 is 5.73 Å². The van der Waals surface area contributed by atoms with Gasteiger partial charge in [0.2, 0.25) is 0 Å². The fraction of sp³-hybridized carbons (Fsp3) is 0.455. The maximum atomic E-state index is 6.20. The van der Waals surface area contributed by atoms with Crippen molar-refractivity contribution in [3.05, 3.63) is 28.7 Å². The summed E-state index contributed by atoms with van der Waals surface area (Å²) in [6, 6.07) is 2.26. The molecule has 2 heterocycles. The van der Waals surface area contributed by atoms with Gasteiger partial charge in [-0.25, -0.2) is 9.67 Å². The Morgan fingerprint density at radius 1 is 1.59 bits per heavy atom. The second kappa shape index (κ2) is 5.66. The summed E-state index contributed by atoms with van der Waals surface area (Å²) in [5.41, 5.74) is 7.48. The zero-order valence-corrected chi connectivity index (χ0v) is 11.5. The van der Waals surface area contributed by atoms with Crippen LogP contribution in [-0.2, 0) is 7.05 Å². The Balaban J connectivity index is 2.20. The van der Waals surface area contributed by atoms with Crippen LogP contribution in [0.4, 0.5) is 0 Å². The summed E-state index contributed by atoms with van der Waals surface area (Å²) in [5.74, 6) is 0. The first-order valence-electron chi connectivity index (χ1n) is 5.50. The van der Waals surface area contributed by atoms with E-state index in [1.165, 1.54) is 5.56 Å². The summed E-state index contributed by atoms with van der Waals surface area (Å²) in [6.07, 6.45) is 2.52. The molecule has 0 fully saturated rings. The molecule has 0 radical (unpaired) electrons. The highest BCUT2D eigenvalue weighted by Crippen LogP contribution is 2.37. The highest BCUT2D eigenvalue weighted by molar-refractivity contribution is 7.99. The van der Waals surface area contributed by atoms with Gasteiger partial charge < -0.3 is 5.73 Å². The van der Waals surface area contributed by atoms with E-state index < -0.39 is 0 Å². The van der Waals surface area contributed by atoms with E-state index in [9.17, 15) is 0 Å². The summed E-state index contributed by atoms with van der Waals surface area (Å²) >= 11 is 3.38. The van der Waals surface area contributed by atoms with E-state index in [-0.39, 0.29) is 11.3 Å². The molecule has 0 aromatic carbocycles. The van der Waals surface area contributed by atoms with E-state index in [4.69, 9.17) is 5.73 Å². The van der Waals surface area contributed by atoms with Crippen LogP contribution in [0.1, 0.15) is 24.2 Å². The van der Waals surface area contributed by atoms with Crippen molar-refractivity contribution < 1.29 is 0 Å². The molecule has 0 amide bonds. The second-order valence-corrected chi connectivity index (χ2v) is 5.72. The molecule has 17 heavy (non-hydrogen) atoms. The van der Waals surface area contributed by atoms with Gasteiger partial charge in [0, 0.05) is 13.1 Å². The number of thioether (sulfide) groups is 1. The lowest BCUT2D eigenvalue weighted by atomic mass is 10.1. The average molecular weight is 268 g/mol. The maximum absolute atomic E-state index is 6.20. The Morgan fingerprint density at radius 2 is 2.41 bits per heavy atom. The van der Waals surface area contributed by atoms with E-state index in [1.54, 1.807) is 34.1 Å². The van der Waals surface area contributed by atoms with Gasteiger partial charge in [0.15, 0.2) is 5.16 Å². The molecule has 0 aliphatic carbocycles. The molecular formula is C11H16N4S2. The third-order valence-corrected chi connectivity index (χ3v) is 4.79. The van der Waals surface area contributed by atoms with Crippen LogP contribution >= 0.6 is 23.1 Å². The van der Waals surface area contributed by atoms with Crippen molar-refractivity contribution in [2.45, 2.75) is 29.8 Å². The fourth-order valence-electron chi connectivity index (χ4n) is 1.56. The molecule has 4 nitrogen and oxygen atoms in total. The fourth-order valence-corrected chi connectivity index (χ4v) is 3.53. The van der Waals surface area contributed by atoms with Crippen LogP contribution in [0.5, 0.6) is 0 Å². The van der Waals surface area contributed by atoms with Crippen LogP contribution in [0.3, 0.4) is 0 Å². The molecule has 0 bridgehead atoms. The molecule has 2 N–H and O–H groups in total. The van der Waals surface area contributed by atoms with Crippen LogP contribution in [-0.4, -0.2) is 20.8 Å². The quantitative estimate of drug-likeness (QED) is 0.846.